The zero-order valence-electron chi connectivity index (χ0n) is 6.28. The second kappa shape index (κ2) is 3.52. The van der Waals surface area contributed by atoms with Crippen LogP contribution in [0.5, 0.6) is 0 Å². The van der Waals surface area contributed by atoms with E-state index in [0.29, 0.717) is 0 Å². The summed E-state index contributed by atoms with van der Waals surface area (Å²) in [5, 5.41) is 8.22. The fourth-order valence-electron chi connectivity index (χ4n) is 0.711. The highest BCUT2D eigenvalue weighted by Gasteiger charge is 1.85. The number of nitriles is 1. The van der Waals surface area contributed by atoms with Crippen molar-refractivity contribution in [1.29, 1.82) is 5.26 Å². The summed E-state index contributed by atoms with van der Waals surface area (Å²) in [6.07, 6.45) is 4.90. The van der Waals surface area contributed by atoms with E-state index in [0.717, 1.165) is 11.3 Å². The molecule has 1 aromatic rings. The minimum Gasteiger partial charge on any atom is -0.261 e. The van der Waals surface area contributed by atoms with E-state index in [1.54, 1.807) is 12.3 Å². The first-order chi connectivity index (χ1) is 5.33. The summed E-state index contributed by atoms with van der Waals surface area (Å²) in [6.45, 7) is 1.93. The number of aromatic nitrogens is 1. The second-order valence-electron chi connectivity index (χ2n) is 2.20. The molecule has 0 spiro atoms. The van der Waals surface area contributed by atoms with E-state index >= 15 is 0 Å². The zero-order chi connectivity index (χ0) is 8.10. The first-order valence-corrected chi connectivity index (χ1v) is 3.32. The van der Waals surface area contributed by atoms with Gasteiger partial charge >= 0.3 is 0 Å². The van der Waals surface area contributed by atoms with Crippen LogP contribution in [0.2, 0.25) is 0 Å². The van der Waals surface area contributed by atoms with Crippen molar-refractivity contribution in [2.75, 3.05) is 0 Å². The van der Waals surface area contributed by atoms with Crippen molar-refractivity contribution in [1.82, 2.24) is 4.98 Å². The van der Waals surface area contributed by atoms with E-state index < -0.39 is 0 Å². The highest BCUT2D eigenvalue weighted by atomic mass is 14.6. The van der Waals surface area contributed by atoms with Crippen molar-refractivity contribution in [2.24, 2.45) is 0 Å². The summed E-state index contributed by atoms with van der Waals surface area (Å²) >= 11 is 0. The number of hydrogen-bond donors (Lipinski definition) is 0. The van der Waals surface area contributed by atoms with Crippen LogP contribution in [0.1, 0.15) is 11.3 Å². The van der Waals surface area contributed by atoms with Crippen molar-refractivity contribution >= 4 is 6.08 Å². The maximum Gasteiger partial charge on any atom is 0.0912 e. The Labute approximate surface area is 65.8 Å². The average Bonchev–Trinajstić information content (AvgIpc) is 2.04. The lowest BCUT2D eigenvalue weighted by Gasteiger charge is -1.91. The van der Waals surface area contributed by atoms with Crippen LogP contribution in [0.25, 0.3) is 6.08 Å². The molecule has 0 aromatic carbocycles. The maximum atomic E-state index is 8.22. The lowest BCUT2D eigenvalue weighted by molar-refractivity contribution is 1.19. The molecule has 0 atom stereocenters. The Morgan fingerprint density at radius 1 is 1.55 bits per heavy atom. The topological polar surface area (TPSA) is 36.7 Å². The van der Waals surface area contributed by atoms with Crippen molar-refractivity contribution < 1.29 is 0 Å². The van der Waals surface area contributed by atoms with Gasteiger partial charge in [-0.1, -0.05) is 6.07 Å². The van der Waals surface area contributed by atoms with Crippen LogP contribution in [0.4, 0.5) is 0 Å². The van der Waals surface area contributed by atoms with E-state index in [9.17, 15) is 0 Å². The maximum absolute atomic E-state index is 8.22. The van der Waals surface area contributed by atoms with Crippen LogP contribution in [0.15, 0.2) is 24.4 Å². The SMILES string of the molecule is Cc1ccc(C=CC#N)cn1. The quantitative estimate of drug-likeness (QED) is 0.564. The molecule has 2 heteroatoms. The number of rotatable bonds is 1. The molecule has 0 aliphatic heterocycles. The summed E-state index contributed by atoms with van der Waals surface area (Å²) in [5.74, 6) is 0. The molecule has 0 N–H and O–H groups in total. The number of allylic oxidation sites excluding steroid dienone is 1. The standard InChI is InChI=1S/C9H8N2/c1-8-4-5-9(7-11-8)3-2-6-10/h2-5,7H,1H3. The minimum absolute atomic E-state index is 0.956. The Kier molecular flexibility index (Phi) is 2.40. The highest BCUT2D eigenvalue weighted by Crippen LogP contribution is 2.00. The molecule has 0 fully saturated rings. The van der Waals surface area contributed by atoms with Crippen LogP contribution in [0.3, 0.4) is 0 Å². The molecule has 1 aromatic heterocycles. The van der Waals surface area contributed by atoms with Gasteiger partial charge in [0, 0.05) is 18.0 Å². The lowest BCUT2D eigenvalue weighted by Crippen LogP contribution is -1.79. The Bertz CT molecular complexity index is 290. The van der Waals surface area contributed by atoms with Gasteiger partial charge in [0.25, 0.3) is 0 Å². The summed E-state index contributed by atoms with van der Waals surface area (Å²) in [5.41, 5.74) is 1.94. The van der Waals surface area contributed by atoms with Crippen molar-refractivity contribution in [3.05, 3.63) is 35.7 Å². The molecule has 1 rings (SSSR count). The van der Waals surface area contributed by atoms with E-state index in [1.165, 1.54) is 6.08 Å². The van der Waals surface area contributed by atoms with Crippen molar-refractivity contribution in [2.45, 2.75) is 6.92 Å². The largest absolute Gasteiger partial charge is 0.261 e. The van der Waals surface area contributed by atoms with E-state index in [2.05, 4.69) is 4.98 Å². The molecule has 0 saturated carbocycles. The predicted octanol–water partition coefficient (Wildman–Crippen LogP) is 1.93. The molecule has 0 amide bonds. The Hall–Kier alpha value is -1.62. The summed E-state index contributed by atoms with van der Waals surface area (Å²) in [7, 11) is 0. The van der Waals surface area contributed by atoms with E-state index in [-0.39, 0.29) is 0 Å². The third-order valence-corrected chi connectivity index (χ3v) is 1.28. The second-order valence-corrected chi connectivity index (χ2v) is 2.20. The molecule has 0 radical (unpaired) electrons. The molecule has 0 aliphatic carbocycles. The van der Waals surface area contributed by atoms with Gasteiger partial charge in [0.2, 0.25) is 0 Å². The van der Waals surface area contributed by atoms with Gasteiger partial charge in [0.15, 0.2) is 0 Å². The molecular formula is C9H8N2. The molecular weight excluding hydrogens is 136 g/mol. The smallest absolute Gasteiger partial charge is 0.0912 e. The molecule has 2 nitrogen and oxygen atoms in total. The monoisotopic (exact) mass is 144 g/mol. The Morgan fingerprint density at radius 2 is 2.36 bits per heavy atom. The van der Waals surface area contributed by atoms with Crippen LogP contribution in [-0.2, 0) is 0 Å². The Morgan fingerprint density at radius 3 is 2.91 bits per heavy atom. The zero-order valence-corrected chi connectivity index (χ0v) is 6.28. The van der Waals surface area contributed by atoms with E-state index in [1.807, 2.05) is 25.1 Å². The number of pyridine rings is 1. The van der Waals surface area contributed by atoms with Gasteiger partial charge in [-0.2, -0.15) is 5.26 Å². The van der Waals surface area contributed by atoms with Crippen LogP contribution in [0, 0.1) is 18.3 Å². The summed E-state index contributed by atoms with van der Waals surface area (Å²) in [6, 6.07) is 5.76. The van der Waals surface area contributed by atoms with Crippen LogP contribution >= 0.6 is 0 Å². The number of nitrogens with zero attached hydrogens (tertiary/aromatic N) is 2. The highest BCUT2D eigenvalue weighted by molar-refractivity contribution is 5.50. The Balaban J connectivity index is 2.84. The fraction of sp³-hybridized carbons (Fsp3) is 0.111. The normalized spacial score (nSPS) is 9.82. The molecule has 1 heterocycles. The van der Waals surface area contributed by atoms with Gasteiger partial charge in [0.05, 0.1) is 6.07 Å². The van der Waals surface area contributed by atoms with E-state index in [4.69, 9.17) is 5.26 Å². The summed E-state index contributed by atoms with van der Waals surface area (Å²) in [4.78, 5) is 4.07. The third-order valence-electron chi connectivity index (χ3n) is 1.28. The van der Waals surface area contributed by atoms with Gasteiger partial charge in [-0.15, -0.1) is 0 Å². The first-order valence-electron chi connectivity index (χ1n) is 3.32. The number of aryl methyl sites for hydroxylation is 1. The van der Waals surface area contributed by atoms with Gasteiger partial charge in [-0.3, -0.25) is 4.98 Å². The molecule has 0 saturated heterocycles. The van der Waals surface area contributed by atoms with Crippen molar-refractivity contribution in [3.63, 3.8) is 0 Å². The molecule has 0 aliphatic rings. The van der Waals surface area contributed by atoms with Crippen LogP contribution < -0.4 is 0 Å². The summed E-state index contributed by atoms with van der Waals surface area (Å²) < 4.78 is 0. The third kappa shape index (κ3) is 2.23. The van der Waals surface area contributed by atoms with Gasteiger partial charge < -0.3 is 0 Å². The van der Waals surface area contributed by atoms with Crippen LogP contribution in [-0.4, -0.2) is 4.98 Å². The molecule has 0 unspecified atom stereocenters. The number of hydrogen-bond acceptors (Lipinski definition) is 2. The van der Waals surface area contributed by atoms with Gasteiger partial charge in [0.1, 0.15) is 0 Å². The van der Waals surface area contributed by atoms with Gasteiger partial charge in [-0.25, -0.2) is 0 Å². The molecule has 0 bridgehead atoms. The lowest BCUT2D eigenvalue weighted by atomic mass is 10.2. The fourth-order valence-corrected chi connectivity index (χ4v) is 0.711. The predicted molar refractivity (Wildman–Crippen MR) is 43.6 cm³/mol. The van der Waals surface area contributed by atoms with Crippen molar-refractivity contribution in [3.8, 4) is 6.07 Å². The average molecular weight is 144 g/mol. The molecule has 11 heavy (non-hydrogen) atoms. The minimum atomic E-state index is 0.956. The first kappa shape index (κ1) is 7.49. The molecule has 54 valence electrons. The van der Waals surface area contributed by atoms with Gasteiger partial charge in [-0.05, 0) is 24.6 Å².